The molecule has 0 radical (unpaired) electrons. The van der Waals surface area contributed by atoms with Crippen molar-refractivity contribution >= 4 is 34.0 Å². The second-order valence-corrected chi connectivity index (χ2v) is 9.23. The number of nitrogens with one attached hydrogen (secondary N) is 1. The Balaban J connectivity index is 1.30. The topological polar surface area (TPSA) is 48.5 Å². The fourth-order valence-electron chi connectivity index (χ4n) is 3.69. The molecule has 2 heterocycles. The molecule has 5 nitrogen and oxygen atoms in total. The number of amides is 1. The SMILES string of the molecule is CC1CN(Cc2ccc(F)cc2)CCN1c1ncc(CNC(=O)c2ccc(Cl)cc2)s1. The Morgan fingerprint density at radius 2 is 1.94 bits per heavy atom. The summed E-state index contributed by atoms with van der Waals surface area (Å²) in [4.78, 5) is 22.6. The van der Waals surface area contributed by atoms with Crippen LogP contribution in [0.15, 0.2) is 54.7 Å². The molecule has 162 valence electrons. The summed E-state index contributed by atoms with van der Waals surface area (Å²) in [6, 6.07) is 13.9. The molecule has 4 rings (SSSR count). The molecule has 1 aliphatic heterocycles. The van der Waals surface area contributed by atoms with Gasteiger partial charge >= 0.3 is 0 Å². The lowest BCUT2D eigenvalue weighted by atomic mass is 10.1. The Labute approximate surface area is 190 Å². The molecule has 8 heteroatoms. The van der Waals surface area contributed by atoms with E-state index in [1.807, 2.05) is 18.3 Å². The average Bonchev–Trinajstić information content (AvgIpc) is 3.23. The minimum atomic E-state index is -0.203. The number of hydrogen-bond acceptors (Lipinski definition) is 5. The Hall–Kier alpha value is -2.48. The van der Waals surface area contributed by atoms with E-state index in [-0.39, 0.29) is 11.7 Å². The Bertz CT molecular complexity index is 1020. The van der Waals surface area contributed by atoms with Gasteiger partial charge in [-0.2, -0.15) is 0 Å². The van der Waals surface area contributed by atoms with Crippen molar-refractivity contribution in [2.75, 3.05) is 24.5 Å². The van der Waals surface area contributed by atoms with Gasteiger partial charge in [0.05, 0.1) is 6.54 Å². The van der Waals surface area contributed by atoms with Crippen molar-refractivity contribution in [2.24, 2.45) is 0 Å². The van der Waals surface area contributed by atoms with Crippen molar-refractivity contribution in [2.45, 2.75) is 26.1 Å². The third kappa shape index (κ3) is 5.61. The van der Waals surface area contributed by atoms with E-state index in [0.29, 0.717) is 23.2 Å². The highest BCUT2D eigenvalue weighted by Gasteiger charge is 2.26. The van der Waals surface area contributed by atoms with E-state index in [1.165, 1.54) is 12.1 Å². The first-order valence-corrected chi connectivity index (χ1v) is 11.4. The summed E-state index contributed by atoms with van der Waals surface area (Å²) < 4.78 is 13.1. The highest BCUT2D eigenvalue weighted by molar-refractivity contribution is 7.15. The minimum Gasteiger partial charge on any atom is -0.347 e. The smallest absolute Gasteiger partial charge is 0.251 e. The molecular formula is C23H24ClFN4OS. The maximum absolute atomic E-state index is 13.1. The third-order valence-electron chi connectivity index (χ3n) is 5.35. The number of aromatic nitrogens is 1. The summed E-state index contributed by atoms with van der Waals surface area (Å²) in [6.07, 6.45) is 1.83. The van der Waals surface area contributed by atoms with Gasteiger partial charge < -0.3 is 10.2 Å². The molecule has 1 fully saturated rings. The standard InChI is InChI=1S/C23H24ClFN4OS/c1-16-14-28(15-17-2-8-20(25)9-3-17)10-11-29(16)23-27-13-21(31-23)12-26-22(30)18-4-6-19(24)7-5-18/h2-9,13,16H,10-12,14-15H2,1H3,(H,26,30). The van der Waals surface area contributed by atoms with E-state index >= 15 is 0 Å². The van der Waals surface area contributed by atoms with Crippen LogP contribution in [0.4, 0.5) is 9.52 Å². The molecule has 1 saturated heterocycles. The van der Waals surface area contributed by atoms with Gasteiger partial charge in [-0.05, 0) is 48.9 Å². The number of carbonyl (C=O) groups is 1. The van der Waals surface area contributed by atoms with Crippen LogP contribution >= 0.6 is 22.9 Å². The maximum atomic E-state index is 13.1. The van der Waals surface area contributed by atoms with Crippen LogP contribution in [0.25, 0.3) is 0 Å². The molecule has 1 unspecified atom stereocenters. The van der Waals surface area contributed by atoms with E-state index in [4.69, 9.17) is 11.6 Å². The van der Waals surface area contributed by atoms with Gasteiger partial charge in [-0.1, -0.05) is 23.7 Å². The molecule has 0 bridgehead atoms. The molecule has 1 atom stereocenters. The first kappa shape index (κ1) is 21.7. The largest absolute Gasteiger partial charge is 0.347 e. The van der Waals surface area contributed by atoms with Gasteiger partial charge in [0.25, 0.3) is 5.91 Å². The Morgan fingerprint density at radius 1 is 1.19 bits per heavy atom. The number of benzene rings is 2. The average molecular weight is 459 g/mol. The molecule has 1 N–H and O–H groups in total. The molecular weight excluding hydrogens is 435 g/mol. The summed E-state index contributed by atoms with van der Waals surface area (Å²) in [6.45, 7) is 6.17. The van der Waals surface area contributed by atoms with Gasteiger partial charge in [0, 0.05) is 53.9 Å². The Kier molecular flexibility index (Phi) is 6.85. The van der Waals surface area contributed by atoms with Crippen molar-refractivity contribution in [1.29, 1.82) is 0 Å². The number of halogens is 2. The first-order chi connectivity index (χ1) is 15.0. The van der Waals surface area contributed by atoms with Gasteiger partial charge in [0.15, 0.2) is 5.13 Å². The zero-order chi connectivity index (χ0) is 21.8. The molecule has 3 aromatic rings. The molecule has 1 amide bonds. The van der Waals surface area contributed by atoms with Crippen LogP contribution < -0.4 is 10.2 Å². The van der Waals surface area contributed by atoms with Crippen LogP contribution in [0.2, 0.25) is 5.02 Å². The van der Waals surface area contributed by atoms with Crippen molar-refractivity contribution in [3.8, 4) is 0 Å². The van der Waals surface area contributed by atoms with Crippen molar-refractivity contribution in [3.63, 3.8) is 0 Å². The molecule has 1 aromatic heterocycles. The maximum Gasteiger partial charge on any atom is 0.251 e. The molecule has 0 spiro atoms. The lowest BCUT2D eigenvalue weighted by Crippen LogP contribution is -2.51. The molecule has 0 aliphatic carbocycles. The van der Waals surface area contributed by atoms with Gasteiger partial charge in [0.2, 0.25) is 0 Å². The number of nitrogens with zero attached hydrogens (tertiary/aromatic N) is 3. The van der Waals surface area contributed by atoms with Gasteiger partial charge in [-0.3, -0.25) is 9.69 Å². The predicted molar refractivity (Wildman–Crippen MR) is 123 cm³/mol. The predicted octanol–water partition coefficient (Wildman–Crippen LogP) is 4.58. The summed E-state index contributed by atoms with van der Waals surface area (Å²) in [5.74, 6) is -0.333. The minimum absolute atomic E-state index is 0.130. The number of carbonyl (C=O) groups excluding carboxylic acids is 1. The van der Waals surface area contributed by atoms with Crippen LogP contribution in [0.3, 0.4) is 0 Å². The summed E-state index contributed by atoms with van der Waals surface area (Å²) in [7, 11) is 0. The van der Waals surface area contributed by atoms with E-state index in [0.717, 1.165) is 41.8 Å². The van der Waals surface area contributed by atoms with Crippen LogP contribution in [-0.4, -0.2) is 41.5 Å². The van der Waals surface area contributed by atoms with Crippen LogP contribution in [0.5, 0.6) is 0 Å². The third-order valence-corrected chi connectivity index (χ3v) is 6.63. The van der Waals surface area contributed by atoms with E-state index in [9.17, 15) is 9.18 Å². The second kappa shape index (κ2) is 9.77. The number of hydrogen-bond donors (Lipinski definition) is 1. The van der Waals surface area contributed by atoms with E-state index in [2.05, 4.69) is 27.0 Å². The monoisotopic (exact) mass is 458 g/mol. The van der Waals surface area contributed by atoms with Gasteiger partial charge in [-0.25, -0.2) is 9.37 Å². The zero-order valence-electron chi connectivity index (χ0n) is 17.2. The highest BCUT2D eigenvalue weighted by Crippen LogP contribution is 2.27. The highest BCUT2D eigenvalue weighted by atomic mass is 35.5. The molecule has 31 heavy (non-hydrogen) atoms. The van der Waals surface area contributed by atoms with Gasteiger partial charge in [-0.15, -0.1) is 11.3 Å². The number of thiazole rings is 1. The number of piperazine rings is 1. The van der Waals surface area contributed by atoms with Crippen molar-refractivity contribution < 1.29 is 9.18 Å². The second-order valence-electron chi connectivity index (χ2n) is 7.70. The van der Waals surface area contributed by atoms with Crippen molar-refractivity contribution in [1.82, 2.24) is 15.2 Å². The van der Waals surface area contributed by atoms with E-state index in [1.54, 1.807) is 35.6 Å². The summed E-state index contributed by atoms with van der Waals surface area (Å²) in [5, 5.41) is 4.52. The summed E-state index contributed by atoms with van der Waals surface area (Å²) in [5.41, 5.74) is 1.70. The quantitative estimate of drug-likeness (QED) is 0.587. The lowest BCUT2D eigenvalue weighted by Gasteiger charge is -2.39. The number of anilines is 1. The van der Waals surface area contributed by atoms with Crippen molar-refractivity contribution in [3.05, 3.63) is 81.6 Å². The molecule has 1 aliphatic rings. The fraction of sp³-hybridized carbons (Fsp3) is 0.304. The van der Waals surface area contributed by atoms with E-state index < -0.39 is 0 Å². The zero-order valence-corrected chi connectivity index (χ0v) is 18.8. The first-order valence-electron chi connectivity index (χ1n) is 10.2. The fourth-order valence-corrected chi connectivity index (χ4v) is 4.80. The van der Waals surface area contributed by atoms with Gasteiger partial charge in [0.1, 0.15) is 5.82 Å². The molecule has 2 aromatic carbocycles. The normalized spacial score (nSPS) is 17.0. The summed E-state index contributed by atoms with van der Waals surface area (Å²) >= 11 is 7.48. The Morgan fingerprint density at radius 3 is 2.65 bits per heavy atom. The number of rotatable bonds is 6. The molecule has 0 saturated carbocycles. The van der Waals surface area contributed by atoms with Crippen LogP contribution in [-0.2, 0) is 13.1 Å². The lowest BCUT2D eigenvalue weighted by molar-refractivity contribution is 0.0951. The van der Waals surface area contributed by atoms with Crippen LogP contribution in [0.1, 0.15) is 27.7 Å². The van der Waals surface area contributed by atoms with Crippen LogP contribution in [0, 0.1) is 5.82 Å².